The fourth-order valence-electron chi connectivity index (χ4n) is 1.47. The Labute approximate surface area is 106 Å². The van der Waals surface area contributed by atoms with Crippen LogP contribution < -0.4 is 0 Å². The molecule has 0 bridgehead atoms. The average molecular weight is 254 g/mol. The highest BCUT2D eigenvalue weighted by atomic mass is 35.5. The van der Waals surface area contributed by atoms with Crippen molar-refractivity contribution < 1.29 is 9.90 Å². The first kappa shape index (κ1) is 13.7. The fraction of sp³-hybridized carbons (Fsp3) is 0.308. The van der Waals surface area contributed by atoms with E-state index in [1.165, 1.54) is 0 Å². The third-order valence-corrected chi connectivity index (χ3v) is 2.92. The van der Waals surface area contributed by atoms with Gasteiger partial charge < -0.3 is 5.11 Å². The van der Waals surface area contributed by atoms with Crippen molar-refractivity contribution in [1.29, 1.82) is 0 Å². The summed E-state index contributed by atoms with van der Waals surface area (Å²) in [6.07, 6.45) is 2.79. The van der Waals surface area contributed by atoms with Crippen molar-refractivity contribution in [2.24, 2.45) is 0 Å². The van der Waals surface area contributed by atoms with Crippen LogP contribution in [0.15, 0.2) is 36.4 Å². The molecule has 4 heteroatoms. The number of carboxylic acids is 1. The van der Waals surface area contributed by atoms with Gasteiger partial charge in [0.05, 0.1) is 0 Å². The van der Waals surface area contributed by atoms with E-state index >= 15 is 0 Å². The van der Waals surface area contributed by atoms with Gasteiger partial charge in [-0.25, -0.2) is 4.79 Å². The van der Waals surface area contributed by atoms with Crippen molar-refractivity contribution >= 4 is 17.6 Å². The van der Waals surface area contributed by atoms with Gasteiger partial charge in [-0.2, -0.15) is 0 Å². The van der Waals surface area contributed by atoms with Gasteiger partial charge in [0.25, 0.3) is 0 Å². The van der Waals surface area contributed by atoms with Gasteiger partial charge in [0.15, 0.2) is 0 Å². The molecule has 0 aliphatic heterocycles. The van der Waals surface area contributed by atoms with E-state index in [0.717, 1.165) is 16.7 Å². The molecule has 0 saturated heterocycles. The van der Waals surface area contributed by atoms with E-state index in [1.807, 2.05) is 31.3 Å². The van der Waals surface area contributed by atoms with Crippen LogP contribution in [0.25, 0.3) is 0 Å². The molecule has 1 aromatic carbocycles. The number of carboxylic acid groups (broad SMARTS) is 1. The molecule has 1 aromatic rings. The van der Waals surface area contributed by atoms with Crippen molar-refractivity contribution in [2.45, 2.75) is 13.0 Å². The summed E-state index contributed by atoms with van der Waals surface area (Å²) in [7, 11) is 1.95. The lowest BCUT2D eigenvalue weighted by atomic mass is 10.1. The quantitative estimate of drug-likeness (QED) is 0.821. The number of likely N-dealkylation sites (N-methyl/N-ethyl adjacent to an activating group) is 1. The minimum Gasteiger partial charge on any atom is -0.478 e. The van der Waals surface area contributed by atoms with Crippen LogP contribution >= 0.6 is 11.6 Å². The fourth-order valence-corrected chi connectivity index (χ4v) is 1.60. The molecule has 0 aliphatic rings. The third-order valence-electron chi connectivity index (χ3n) is 2.67. The normalized spacial score (nSPS) is 13.2. The van der Waals surface area contributed by atoms with Gasteiger partial charge in [-0.1, -0.05) is 29.8 Å². The summed E-state index contributed by atoms with van der Waals surface area (Å²) in [5.74, 6) is -0.919. The topological polar surface area (TPSA) is 40.5 Å². The zero-order valence-corrected chi connectivity index (χ0v) is 10.7. The molecular formula is C13H16ClNO2. The zero-order valence-electron chi connectivity index (χ0n) is 9.93. The van der Waals surface area contributed by atoms with Crippen LogP contribution in [0, 0.1) is 0 Å². The first-order valence-corrected chi connectivity index (χ1v) is 5.73. The predicted molar refractivity (Wildman–Crippen MR) is 69.3 cm³/mol. The molecule has 1 rings (SSSR count). The third kappa shape index (κ3) is 4.59. The minimum atomic E-state index is -0.919. The smallest absolute Gasteiger partial charge is 0.328 e. The Bertz CT molecular complexity index is 400. The maximum atomic E-state index is 10.3. The number of halogens is 1. The van der Waals surface area contributed by atoms with Crippen LogP contribution in [0.4, 0.5) is 0 Å². The van der Waals surface area contributed by atoms with Gasteiger partial charge >= 0.3 is 5.97 Å². The minimum absolute atomic E-state index is 0.214. The number of rotatable bonds is 5. The lowest BCUT2D eigenvalue weighted by Crippen LogP contribution is -2.22. The average Bonchev–Trinajstić information content (AvgIpc) is 2.28. The molecule has 92 valence electrons. The van der Waals surface area contributed by atoms with Crippen LogP contribution in [0.2, 0.25) is 5.02 Å². The molecule has 1 N–H and O–H groups in total. The summed E-state index contributed by atoms with van der Waals surface area (Å²) < 4.78 is 0. The van der Waals surface area contributed by atoms with Crippen molar-refractivity contribution in [3.63, 3.8) is 0 Å². The Kier molecular flexibility index (Phi) is 5.19. The molecule has 0 saturated carbocycles. The van der Waals surface area contributed by atoms with E-state index in [1.54, 1.807) is 6.08 Å². The van der Waals surface area contributed by atoms with E-state index in [9.17, 15) is 4.79 Å². The molecule has 0 heterocycles. The molecule has 0 aliphatic carbocycles. The Balaban J connectivity index is 2.60. The van der Waals surface area contributed by atoms with Crippen molar-refractivity contribution in [1.82, 2.24) is 4.90 Å². The molecule has 17 heavy (non-hydrogen) atoms. The van der Waals surface area contributed by atoms with E-state index in [2.05, 4.69) is 11.8 Å². The molecule has 3 nitrogen and oxygen atoms in total. The Morgan fingerprint density at radius 3 is 2.59 bits per heavy atom. The molecule has 0 aromatic heterocycles. The number of aliphatic carboxylic acids is 1. The number of nitrogens with zero attached hydrogens (tertiary/aromatic N) is 1. The summed E-state index contributed by atoms with van der Waals surface area (Å²) in [6, 6.07) is 7.88. The second-order valence-electron chi connectivity index (χ2n) is 3.91. The Hall–Kier alpha value is -1.32. The second kappa shape index (κ2) is 6.42. The molecule has 0 spiro atoms. The largest absolute Gasteiger partial charge is 0.478 e. The Morgan fingerprint density at radius 2 is 2.06 bits per heavy atom. The Morgan fingerprint density at radius 1 is 1.47 bits per heavy atom. The van der Waals surface area contributed by atoms with Crippen LogP contribution in [-0.4, -0.2) is 29.6 Å². The van der Waals surface area contributed by atoms with Gasteiger partial charge in [0, 0.05) is 23.7 Å². The maximum Gasteiger partial charge on any atom is 0.328 e. The summed E-state index contributed by atoms with van der Waals surface area (Å²) in [5, 5.41) is 9.21. The van der Waals surface area contributed by atoms with Crippen LogP contribution in [-0.2, 0) is 4.79 Å². The number of benzene rings is 1. The first-order valence-electron chi connectivity index (χ1n) is 5.36. The summed E-state index contributed by atoms with van der Waals surface area (Å²) >= 11 is 5.82. The van der Waals surface area contributed by atoms with Crippen LogP contribution in [0.3, 0.4) is 0 Å². The molecular weight excluding hydrogens is 238 g/mol. The number of carbonyl (C=O) groups is 1. The SMILES string of the molecule is CC(c1ccc(Cl)cc1)N(C)CC=CC(=O)O. The highest BCUT2D eigenvalue weighted by molar-refractivity contribution is 6.30. The lowest BCUT2D eigenvalue weighted by Gasteiger charge is -2.23. The summed E-state index contributed by atoms with van der Waals surface area (Å²) in [6.45, 7) is 2.66. The lowest BCUT2D eigenvalue weighted by molar-refractivity contribution is -0.131. The van der Waals surface area contributed by atoms with E-state index in [-0.39, 0.29) is 6.04 Å². The zero-order chi connectivity index (χ0) is 12.8. The van der Waals surface area contributed by atoms with E-state index < -0.39 is 5.97 Å². The van der Waals surface area contributed by atoms with Crippen molar-refractivity contribution in [3.8, 4) is 0 Å². The van der Waals surface area contributed by atoms with Gasteiger partial charge in [-0.05, 0) is 31.7 Å². The van der Waals surface area contributed by atoms with Gasteiger partial charge in [-0.3, -0.25) is 4.90 Å². The highest BCUT2D eigenvalue weighted by Gasteiger charge is 2.09. The summed E-state index contributed by atoms with van der Waals surface area (Å²) in [5.41, 5.74) is 1.15. The molecule has 0 amide bonds. The monoisotopic (exact) mass is 253 g/mol. The van der Waals surface area contributed by atoms with E-state index in [4.69, 9.17) is 16.7 Å². The molecule has 1 unspecified atom stereocenters. The van der Waals surface area contributed by atoms with Crippen molar-refractivity contribution in [2.75, 3.05) is 13.6 Å². The summed E-state index contributed by atoms with van der Waals surface area (Å²) in [4.78, 5) is 12.4. The van der Waals surface area contributed by atoms with Crippen LogP contribution in [0.1, 0.15) is 18.5 Å². The van der Waals surface area contributed by atoms with Crippen molar-refractivity contribution in [3.05, 3.63) is 47.0 Å². The first-order chi connectivity index (χ1) is 8.00. The van der Waals surface area contributed by atoms with Gasteiger partial charge in [0.1, 0.15) is 0 Å². The number of hydrogen-bond acceptors (Lipinski definition) is 2. The molecule has 0 fully saturated rings. The molecule has 1 atom stereocenters. The highest BCUT2D eigenvalue weighted by Crippen LogP contribution is 2.20. The number of hydrogen-bond donors (Lipinski definition) is 1. The predicted octanol–water partition coefficient (Wildman–Crippen LogP) is 2.97. The standard InChI is InChI=1S/C13H16ClNO2/c1-10(11-5-7-12(14)8-6-11)15(2)9-3-4-13(16)17/h3-8,10H,9H2,1-2H3,(H,16,17). The van der Waals surface area contributed by atoms with Crippen LogP contribution in [0.5, 0.6) is 0 Å². The van der Waals surface area contributed by atoms with E-state index in [0.29, 0.717) is 6.54 Å². The molecule has 0 radical (unpaired) electrons. The van der Waals surface area contributed by atoms with Gasteiger partial charge in [0.2, 0.25) is 0 Å². The second-order valence-corrected chi connectivity index (χ2v) is 4.34. The van der Waals surface area contributed by atoms with Gasteiger partial charge in [-0.15, -0.1) is 0 Å². The maximum absolute atomic E-state index is 10.3.